The van der Waals surface area contributed by atoms with E-state index in [-0.39, 0.29) is 16.6 Å². The van der Waals surface area contributed by atoms with Gasteiger partial charge in [-0.05, 0) is 47.7 Å². The van der Waals surface area contributed by atoms with E-state index in [4.69, 9.17) is 5.73 Å². The second-order valence-corrected chi connectivity index (χ2v) is 5.37. The van der Waals surface area contributed by atoms with E-state index in [1.54, 1.807) is 0 Å². The molecule has 3 N–H and O–H groups in total. The molecule has 5 heteroatoms. The van der Waals surface area contributed by atoms with Crippen molar-refractivity contribution in [1.29, 1.82) is 0 Å². The van der Waals surface area contributed by atoms with E-state index >= 15 is 0 Å². The monoisotopic (exact) mass is 304 g/mol. The van der Waals surface area contributed by atoms with Crippen LogP contribution in [0.4, 0.5) is 14.5 Å². The molecular weight excluding hydrogens is 290 g/mol. The van der Waals surface area contributed by atoms with Gasteiger partial charge in [0.25, 0.3) is 0 Å². The Morgan fingerprint density at radius 1 is 1.24 bits per heavy atom. The van der Waals surface area contributed by atoms with Gasteiger partial charge in [0.05, 0.1) is 10.2 Å². The van der Waals surface area contributed by atoms with Gasteiger partial charge in [-0.15, -0.1) is 0 Å². The summed E-state index contributed by atoms with van der Waals surface area (Å²) in [7, 11) is 0. The number of nitrogens with two attached hydrogens (primary N) is 1. The highest BCUT2D eigenvalue weighted by atomic mass is 79.9. The van der Waals surface area contributed by atoms with Crippen molar-refractivity contribution in [2.45, 2.75) is 37.8 Å². The molecule has 0 heterocycles. The van der Waals surface area contributed by atoms with Gasteiger partial charge >= 0.3 is 0 Å². The summed E-state index contributed by atoms with van der Waals surface area (Å²) in [5.74, 6) is -1.15. The zero-order valence-corrected chi connectivity index (χ0v) is 10.9. The number of anilines is 1. The first-order chi connectivity index (χ1) is 8.06. The third kappa shape index (κ3) is 3.16. The van der Waals surface area contributed by atoms with Crippen molar-refractivity contribution < 1.29 is 8.78 Å². The second-order valence-electron chi connectivity index (χ2n) is 4.51. The van der Waals surface area contributed by atoms with Crippen molar-refractivity contribution in [2.24, 2.45) is 5.73 Å². The summed E-state index contributed by atoms with van der Waals surface area (Å²) in [6.45, 7) is 0. The van der Waals surface area contributed by atoms with Gasteiger partial charge in [-0.2, -0.15) is 0 Å². The molecule has 1 aliphatic rings. The molecule has 1 aliphatic carbocycles. The lowest BCUT2D eigenvalue weighted by Crippen LogP contribution is -2.35. The quantitative estimate of drug-likeness (QED) is 0.822. The summed E-state index contributed by atoms with van der Waals surface area (Å²) in [4.78, 5) is 0. The highest BCUT2D eigenvalue weighted by Gasteiger charge is 2.20. The van der Waals surface area contributed by atoms with Crippen LogP contribution in [-0.2, 0) is 0 Å². The first-order valence-electron chi connectivity index (χ1n) is 5.73. The van der Waals surface area contributed by atoms with Gasteiger partial charge in [0.2, 0.25) is 0 Å². The predicted octanol–water partition coefficient (Wildman–Crippen LogP) is 3.41. The zero-order chi connectivity index (χ0) is 12.4. The number of nitrogens with one attached hydrogen (secondary N) is 1. The highest BCUT2D eigenvalue weighted by molar-refractivity contribution is 9.10. The van der Waals surface area contributed by atoms with Crippen LogP contribution in [0.1, 0.15) is 25.7 Å². The minimum atomic E-state index is -0.589. The second kappa shape index (κ2) is 5.31. The van der Waals surface area contributed by atoms with Crippen molar-refractivity contribution in [3.05, 3.63) is 28.2 Å². The Hall–Kier alpha value is -0.680. The van der Waals surface area contributed by atoms with Crippen LogP contribution in [0, 0.1) is 11.6 Å². The topological polar surface area (TPSA) is 38.0 Å². The molecule has 2 nitrogen and oxygen atoms in total. The summed E-state index contributed by atoms with van der Waals surface area (Å²) in [5, 5.41) is 3.10. The summed E-state index contributed by atoms with van der Waals surface area (Å²) in [6, 6.07) is 2.67. The van der Waals surface area contributed by atoms with Crippen molar-refractivity contribution in [1.82, 2.24) is 0 Å². The van der Waals surface area contributed by atoms with Crippen molar-refractivity contribution in [3.63, 3.8) is 0 Å². The Morgan fingerprint density at radius 3 is 2.71 bits per heavy atom. The summed E-state index contributed by atoms with van der Waals surface area (Å²) >= 11 is 3.05. The molecule has 1 fully saturated rings. The van der Waals surface area contributed by atoms with Crippen LogP contribution in [0.15, 0.2) is 16.6 Å². The van der Waals surface area contributed by atoms with E-state index in [9.17, 15) is 8.78 Å². The maximum absolute atomic E-state index is 13.5. The lowest BCUT2D eigenvalue weighted by atomic mass is 9.91. The lowest BCUT2D eigenvalue weighted by Gasteiger charge is -2.28. The molecular formula is C12H15BrF2N2. The van der Waals surface area contributed by atoms with E-state index in [1.165, 1.54) is 6.07 Å². The fourth-order valence-corrected chi connectivity index (χ4v) is 2.56. The fourth-order valence-electron chi connectivity index (χ4n) is 2.21. The number of halogens is 3. The molecule has 1 aromatic rings. The third-order valence-corrected chi connectivity index (χ3v) is 3.69. The Balaban J connectivity index is 2.10. The SMILES string of the molecule is NC1CCCC(Nc2cc(Br)c(F)cc2F)C1. The average Bonchev–Trinajstić information content (AvgIpc) is 2.26. The van der Waals surface area contributed by atoms with Gasteiger partial charge in [-0.3, -0.25) is 0 Å². The zero-order valence-electron chi connectivity index (χ0n) is 9.35. The number of hydrogen-bond donors (Lipinski definition) is 2. The smallest absolute Gasteiger partial charge is 0.149 e. The van der Waals surface area contributed by atoms with Gasteiger partial charge in [-0.1, -0.05) is 0 Å². The molecule has 0 aliphatic heterocycles. The molecule has 0 bridgehead atoms. The minimum Gasteiger partial charge on any atom is -0.380 e. The number of rotatable bonds is 2. The molecule has 1 saturated carbocycles. The fraction of sp³-hybridized carbons (Fsp3) is 0.500. The van der Waals surface area contributed by atoms with Gasteiger partial charge < -0.3 is 11.1 Å². The average molecular weight is 305 g/mol. The van der Waals surface area contributed by atoms with Crippen LogP contribution in [0.5, 0.6) is 0 Å². The normalized spacial score (nSPS) is 24.7. The molecule has 0 spiro atoms. The predicted molar refractivity (Wildman–Crippen MR) is 67.9 cm³/mol. The van der Waals surface area contributed by atoms with Gasteiger partial charge in [0, 0.05) is 18.2 Å². The molecule has 2 unspecified atom stereocenters. The minimum absolute atomic E-state index is 0.172. The third-order valence-electron chi connectivity index (χ3n) is 3.08. The Bertz CT molecular complexity index is 412. The first kappa shape index (κ1) is 12.8. The van der Waals surface area contributed by atoms with E-state index < -0.39 is 11.6 Å². The largest absolute Gasteiger partial charge is 0.380 e. The maximum Gasteiger partial charge on any atom is 0.149 e. The first-order valence-corrected chi connectivity index (χ1v) is 6.52. The molecule has 0 amide bonds. The molecule has 94 valence electrons. The van der Waals surface area contributed by atoms with Crippen LogP contribution in [-0.4, -0.2) is 12.1 Å². The molecule has 17 heavy (non-hydrogen) atoms. The van der Waals surface area contributed by atoms with Crippen LogP contribution >= 0.6 is 15.9 Å². The molecule has 2 atom stereocenters. The molecule has 0 aromatic heterocycles. The van der Waals surface area contributed by atoms with Crippen molar-refractivity contribution in [3.8, 4) is 0 Å². The van der Waals surface area contributed by atoms with Gasteiger partial charge in [-0.25, -0.2) is 8.78 Å². The molecule has 1 aromatic carbocycles. The summed E-state index contributed by atoms with van der Waals surface area (Å²) < 4.78 is 26.9. The van der Waals surface area contributed by atoms with Crippen molar-refractivity contribution in [2.75, 3.05) is 5.32 Å². The molecule has 0 saturated heterocycles. The number of benzene rings is 1. The maximum atomic E-state index is 13.5. The highest BCUT2D eigenvalue weighted by Crippen LogP contribution is 2.27. The Kier molecular flexibility index (Phi) is 3.99. The van der Waals surface area contributed by atoms with Crippen LogP contribution in [0.25, 0.3) is 0 Å². The Labute approximate surface area is 108 Å². The molecule has 2 rings (SSSR count). The molecule has 0 radical (unpaired) electrons. The van der Waals surface area contributed by atoms with E-state index in [0.29, 0.717) is 5.69 Å². The van der Waals surface area contributed by atoms with Crippen molar-refractivity contribution >= 4 is 21.6 Å². The van der Waals surface area contributed by atoms with E-state index in [1.807, 2.05) is 0 Å². The van der Waals surface area contributed by atoms with Gasteiger partial charge in [0.15, 0.2) is 0 Å². The van der Waals surface area contributed by atoms with E-state index in [2.05, 4.69) is 21.2 Å². The van der Waals surface area contributed by atoms with Crippen LogP contribution in [0.2, 0.25) is 0 Å². The lowest BCUT2D eigenvalue weighted by molar-refractivity contribution is 0.408. The summed E-state index contributed by atoms with van der Waals surface area (Å²) in [5.41, 5.74) is 6.20. The van der Waals surface area contributed by atoms with Crippen LogP contribution in [0.3, 0.4) is 0 Å². The van der Waals surface area contributed by atoms with E-state index in [0.717, 1.165) is 31.7 Å². The van der Waals surface area contributed by atoms with Gasteiger partial charge in [0.1, 0.15) is 11.6 Å². The Morgan fingerprint density at radius 2 is 2.00 bits per heavy atom. The van der Waals surface area contributed by atoms with Crippen LogP contribution < -0.4 is 11.1 Å². The number of hydrogen-bond acceptors (Lipinski definition) is 2. The standard InChI is InChI=1S/C12H15BrF2N2/c13-9-5-12(11(15)6-10(9)14)17-8-3-1-2-7(16)4-8/h5-8,17H,1-4,16H2. The summed E-state index contributed by atoms with van der Waals surface area (Å²) in [6.07, 6.45) is 3.87.